The number of benzene rings is 1. The van der Waals surface area contributed by atoms with E-state index in [0.717, 1.165) is 11.3 Å². The van der Waals surface area contributed by atoms with Crippen LogP contribution in [0.1, 0.15) is 18.2 Å². The molecule has 7 heteroatoms. The molecule has 6 nitrogen and oxygen atoms in total. The van der Waals surface area contributed by atoms with Crippen molar-refractivity contribution in [3.05, 3.63) is 41.8 Å². The number of fused-ring (bicyclic) bond motifs is 1. The van der Waals surface area contributed by atoms with Crippen LogP contribution in [0.2, 0.25) is 0 Å². The molecule has 2 heterocycles. The van der Waals surface area contributed by atoms with E-state index in [4.69, 9.17) is 9.26 Å². The highest BCUT2D eigenvalue weighted by molar-refractivity contribution is 7.89. The summed E-state index contributed by atoms with van der Waals surface area (Å²) in [4.78, 5) is 0.269. The van der Waals surface area contributed by atoms with Gasteiger partial charge in [0.25, 0.3) is 0 Å². The minimum Gasteiger partial charge on any atom is -0.494 e. The molecule has 1 aromatic carbocycles. The monoisotopic (exact) mass is 308 g/mol. The first-order valence-electron chi connectivity index (χ1n) is 6.76. The third-order valence-electron chi connectivity index (χ3n) is 3.44. The number of aromatic nitrogens is 1. The molecule has 0 amide bonds. The van der Waals surface area contributed by atoms with Gasteiger partial charge in [0.15, 0.2) is 0 Å². The van der Waals surface area contributed by atoms with E-state index in [1.54, 1.807) is 30.5 Å². The Morgan fingerprint density at radius 1 is 1.33 bits per heavy atom. The number of rotatable bonds is 4. The molecule has 0 N–H and O–H groups in total. The van der Waals surface area contributed by atoms with E-state index < -0.39 is 10.0 Å². The molecule has 0 saturated heterocycles. The fraction of sp³-hybridized carbons (Fsp3) is 0.357. The Hall–Kier alpha value is -1.86. The van der Waals surface area contributed by atoms with Gasteiger partial charge in [-0.25, -0.2) is 8.42 Å². The Labute approximate surface area is 123 Å². The molecule has 0 unspecified atom stereocenters. The van der Waals surface area contributed by atoms with Crippen LogP contribution in [0.15, 0.2) is 39.9 Å². The zero-order chi connectivity index (χ0) is 14.9. The second-order valence-electron chi connectivity index (χ2n) is 4.77. The van der Waals surface area contributed by atoms with Gasteiger partial charge in [0.05, 0.1) is 17.7 Å². The molecule has 1 aliphatic heterocycles. The first-order valence-corrected chi connectivity index (χ1v) is 8.20. The molecule has 0 aliphatic carbocycles. The fourth-order valence-corrected chi connectivity index (χ4v) is 3.76. The molecule has 0 fully saturated rings. The van der Waals surface area contributed by atoms with E-state index in [0.29, 0.717) is 31.9 Å². The largest absolute Gasteiger partial charge is 0.494 e. The average Bonchev–Trinajstić information content (AvgIpc) is 2.95. The van der Waals surface area contributed by atoms with Crippen LogP contribution >= 0.6 is 0 Å². The zero-order valence-electron chi connectivity index (χ0n) is 11.7. The van der Waals surface area contributed by atoms with Crippen LogP contribution in [-0.2, 0) is 23.0 Å². The van der Waals surface area contributed by atoms with Gasteiger partial charge in [0.1, 0.15) is 11.5 Å². The van der Waals surface area contributed by atoms with Crippen molar-refractivity contribution < 1.29 is 17.7 Å². The quantitative estimate of drug-likeness (QED) is 0.861. The van der Waals surface area contributed by atoms with E-state index >= 15 is 0 Å². The maximum absolute atomic E-state index is 12.6. The molecule has 0 spiro atoms. The number of hydrogen-bond donors (Lipinski definition) is 0. The van der Waals surface area contributed by atoms with Gasteiger partial charge in [-0.15, -0.1) is 0 Å². The second kappa shape index (κ2) is 5.50. The van der Waals surface area contributed by atoms with Crippen LogP contribution in [0.5, 0.6) is 5.75 Å². The van der Waals surface area contributed by atoms with Gasteiger partial charge >= 0.3 is 0 Å². The van der Waals surface area contributed by atoms with Crippen LogP contribution in [0.4, 0.5) is 0 Å². The molecule has 21 heavy (non-hydrogen) atoms. The van der Waals surface area contributed by atoms with E-state index in [1.807, 2.05) is 6.92 Å². The van der Waals surface area contributed by atoms with Crippen molar-refractivity contribution in [1.29, 1.82) is 0 Å². The minimum atomic E-state index is -3.51. The highest BCUT2D eigenvalue weighted by Gasteiger charge is 2.30. The van der Waals surface area contributed by atoms with Crippen LogP contribution < -0.4 is 4.74 Å². The first-order chi connectivity index (χ1) is 10.1. The normalized spacial score (nSPS) is 15.7. The number of nitrogens with zero attached hydrogens (tertiary/aromatic N) is 2. The predicted molar refractivity (Wildman–Crippen MR) is 75.4 cm³/mol. The van der Waals surface area contributed by atoms with Gasteiger partial charge in [-0.05, 0) is 31.2 Å². The molecule has 112 valence electrons. The second-order valence-corrected chi connectivity index (χ2v) is 6.71. The van der Waals surface area contributed by atoms with Crippen molar-refractivity contribution in [2.45, 2.75) is 24.8 Å². The van der Waals surface area contributed by atoms with Crippen molar-refractivity contribution in [1.82, 2.24) is 9.46 Å². The molecule has 2 aromatic rings. The van der Waals surface area contributed by atoms with Crippen molar-refractivity contribution >= 4 is 10.0 Å². The Kier molecular flexibility index (Phi) is 3.69. The molecule has 0 bridgehead atoms. The van der Waals surface area contributed by atoms with Crippen LogP contribution in [0.25, 0.3) is 0 Å². The maximum atomic E-state index is 12.6. The maximum Gasteiger partial charge on any atom is 0.243 e. The van der Waals surface area contributed by atoms with E-state index in [2.05, 4.69) is 5.16 Å². The summed E-state index contributed by atoms with van der Waals surface area (Å²) in [6, 6.07) is 6.49. The highest BCUT2D eigenvalue weighted by atomic mass is 32.2. The van der Waals surface area contributed by atoms with Gasteiger partial charge in [0.2, 0.25) is 10.0 Å². The topological polar surface area (TPSA) is 72.6 Å². The summed E-state index contributed by atoms with van der Waals surface area (Å²) < 4.78 is 37.1. The molecule has 0 saturated carbocycles. The number of hydrogen-bond acceptors (Lipinski definition) is 5. The zero-order valence-corrected chi connectivity index (χ0v) is 12.5. The van der Waals surface area contributed by atoms with Crippen LogP contribution in [-0.4, -0.2) is 31.0 Å². The van der Waals surface area contributed by atoms with Crippen molar-refractivity contribution in [2.24, 2.45) is 0 Å². The Morgan fingerprint density at radius 2 is 2.10 bits per heavy atom. The van der Waals surface area contributed by atoms with Crippen molar-refractivity contribution in [3.8, 4) is 5.75 Å². The molecule has 0 atom stereocenters. The molecule has 3 rings (SSSR count). The van der Waals surface area contributed by atoms with Gasteiger partial charge in [0, 0.05) is 25.1 Å². The Morgan fingerprint density at radius 3 is 2.81 bits per heavy atom. The fourth-order valence-electron chi connectivity index (χ4n) is 2.34. The van der Waals surface area contributed by atoms with Gasteiger partial charge in [-0.3, -0.25) is 0 Å². The smallest absolute Gasteiger partial charge is 0.243 e. The Bertz CT molecular complexity index is 722. The highest BCUT2D eigenvalue weighted by Crippen LogP contribution is 2.25. The van der Waals surface area contributed by atoms with E-state index in [1.165, 1.54) is 4.31 Å². The lowest BCUT2D eigenvalue weighted by Crippen LogP contribution is -2.35. The van der Waals surface area contributed by atoms with Crippen LogP contribution in [0, 0.1) is 0 Å². The predicted octanol–water partition coefficient (Wildman–Crippen LogP) is 1.82. The average molecular weight is 308 g/mol. The summed E-state index contributed by atoms with van der Waals surface area (Å²) in [5.41, 5.74) is 0.829. The van der Waals surface area contributed by atoms with Gasteiger partial charge in [-0.1, -0.05) is 5.16 Å². The lowest BCUT2D eigenvalue weighted by Gasteiger charge is -2.25. The Balaban J connectivity index is 1.84. The van der Waals surface area contributed by atoms with Gasteiger partial charge < -0.3 is 9.26 Å². The third-order valence-corrected chi connectivity index (χ3v) is 5.30. The van der Waals surface area contributed by atoms with E-state index in [9.17, 15) is 8.42 Å². The molecule has 1 aliphatic rings. The summed E-state index contributed by atoms with van der Waals surface area (Å²) in [5.74, 6) is 1.43. The molecular weight excluding hydrogens is 292 g/mol. The molecule has 1 aromatic heterocycles. The lowest BCUT2D eigenvalue weighted by molar-refractivity contribution is 0.331. The SMILES string of the molecule is CCOc1ccc(S(=O)(=O)N2CCc3oncc3C2)cc1. The summed E-state index contributed by atoms with van der Waals surface area (Å²) >= 11 is 0. The first kappa shape index (κ1) is 14.1. The number of sulfonamides is 1. The molecule has 0 radical (unpaired) electrons. The van der Waals surface area contributed by atoms with Crippen molar-refractivity contribution in [2.75, 3.05) is 13.2 Å². The summed E-state index contributed by atoms with van der Waals surface area (Å²) in [6.07, 6.45) is 2.13. The third kappa shape index (κ3) is 2.66. The summed E-state index contributed by atoms with van der Waals surface area (Å²) in [7, 11) is -3.51. The minimum absolute atomic E-state index is 0.269. The number of ether oxygens (including phenoxy) is 1. The standard InChI is InChI=1S/C14H16N2O4S/c1-2-19-12-3-5-13(6-4-12)21(17,18)16-8-7-14-11(10-16)9-15-20-14/h3-6,9H,2,7-8,10H2,1H3. The van der Waals surface area contributed by atoms with Crippen molar-refractivity contribution in [3.63, 3.8) is 0 Å². The summed E-state index contributed by atoms with van der Waals surface area (Å²) in [6.45, 7) is 3.13. The van der Waals surface area contributed by atoms with E-state index in [-0.39, 0.29) is 4.90 Å². The van der Waals surface area contributed by atoms with Gasteiger partial charge in [-0.2, -0.15) is 4.31 Å². The lowest BCUT2D eigenvalue weighted by atomic mass is 10.1. The summed E-state index contributed by atoms with van der Waals surface area (Å²) in [5, 5.41) is 3.71. The molecular formula is C14H16N2O4S. The van der Waals surface area contributed by atoms with Crippen LogP contribution in [0.3, 0.4) is 0 Å².